The van der Waals surface area contributed by atoms with Gasteiger partial charge in [-0.3, -0.25) is 14.8 Å². The number of methoxy groups -OCH3 is 2. The lowest BCUT2D eigenvalue weighted by Crippen LogP contribution is -2.26. The minimum absolute atomic E-state index is 0.179. The van der Waals surface area contributed by atoms with Crippen LogP contribution in [-0.4, -0.2) is 23.8 Å². The summed E-state index contributed by atoms with van der Waals surface area (Å²) in [5.74, 6) is 6.70. The predicted molar refractivity (Wildman–Crippen MR) is 72.6 cm³/mol. The van der Waals surface area contributed by atoms with E-state index in [1.807, 2.05) is 6.92 Å². The van der Waals surface area contributed by atoms with Crippen LogP contribution in [0.15, 0.2) is 16.9 Å². The van der Waals surface area contributed by atoms with Gasteiger partial charge in [-0.2, -0.15) is 0 Å². The molecule has 0 unspecified atom stereocenters. The highest BCUT2D eigenvalue weighted by atomic mass is 16.5. The van der Waals surface area contributed by atoms with Crippen LogP contribution >= 0.6 is 0 Å². The SMILES string of the molecule is CCn1c(NN)nc2cc(OC)c(OC)cc2c1=O. The second kappa shape index (κ2) is 5.15. The summed E-state index contributed by atoms with van der Waals surface area (Å²) in [5, 5.41) is 0.457. The van der Waals surface area contributed by atoms with Crippen molar-refractivity contribution >= 4 is 16.9 Å². The number of nitrogens with zero attached hydrogens (tertiary/aromatic N) is 2. The van der Waals surface area contributed by atoms with Crippen LogP contribution < -0.4 is 26.3 Å². The largest absolute Gasteiger partial charge is 0.493 e. The predicted octanol–water partition coefficient (Wildman–Crippen LogP) is 0.719. The third kappa shape index (κ3) is 2.08. The Morgan fingerprint density at radius 2 is 1.95 bits per heavy atom. The zero-order valence-corrected chi connectivity index (χ0v) is 11.1. The summed E-state index contributed by atoms with van der Waals surface area (Å²) in [7, 11) is 3.05. The molecule has 1 aromatic heterocycles. The van der Waals surface area contributed by atoms with Crippen LogP contribution in [0.5, 0.6) is 11.5 Å². The van der Waals surface area contributed by atoms with Crippen LogP contribution in [0.25, 0.3) is 10.9 Å². The van der Waals surface area contributed by atoms with Crippen molar-refractivity contribution in [1.29, 1.82) is 0 Å². The Morgan fingerprint density at radius 3 is 2.47 bits per heavy atom. The molecule has 1 aromatic carbocycles. The zero-order valence-electron chi connectivity index (χ0n) is 11.1. The van der Waals surface area contributed by atoms with Crippen molar-refractivity contribution in [3.8, 4) is 11.5 Å². The Bertz CT molecular complexity index is 661. The topological polar surface area (TPSA) is 91.4 Å². The maximum absolute atomic E-state index is 12.3. The number of nitrogens with two attached hydrogens (primary N) is 1. The summed E-state index contributed by atoms with van der Waals surface area (Å²) in [5.41, 5.74) is 2.75. The van der Waals surface area contributed by atoms with E-state index in [0.717, 1.165) is 0 Å². The molecule has 0 saturated heterocycles. The summed E-state index contributed by atoms with van der Waals surface area (Å²) < 4.78 is 11.8. The number of rotatable bonds is 4. The first-order chi connectivity index (χ1) is 9.15. The van der Waals surface area contributed by atoms with Crippen molar-refractivity contribution in [3.05, 3.63) is 22.5 Å². The number of aromatic nitrogens is 2. The van der Waals surface area contributed by atoms with Gasteiger partial charge in [0, 0.05) is 12.6 Å². The van der Waals surface area contributed by atoms with Gasteiger partial charge in [0.15, 0.2) is 11.5 Å². The molecule has 0 atom stereocenters. The standard InChI is InChI=1S/C12H16N4O3/c1-4-16-11(17)7-5-9(18-2)10(19-3)6-8(7)14-12(16)15-13/h5-6H,4,13H2,1-3H3,(H,14,15). The van der Waals surface area contributed by atoms with Crippen molar-refractivity contribution in [3.63, 3.8) is 0 Å². The van der Waals surface area contributed by atoms with E-state index in [1.54, 1.807) is 12.1 Å². The van der Waals surface area contributed by atoms with E-state index in [-0.39, 0.29) is 5.56 Å². The molecule has 3 N–H and O–H groups in total. The average molecular weight is 264 g/mol. The minimum Gasteiger partial charge on any atom is -0.493 e. The summed E-state index contributed by atoms with van der Waals surface area (Å²) >= 11 is 0. The highest BCUT2D eigenvalue weighted by molar-refractivity contribution is 5.82. The fourth-order valence-electron chi connectivity index (χ4n) is 1.95. The average Bonchev–Trinajstić information content (AvgIpc) is 2.45. The van der Waals surface area contributed by atoms with Crippen LogP contribution in [0.3, 0.4) is 0 Å². The van der Waals surface area contributed by atoms with Crippen LogP contribution in [0.1, 0.15) is 6.92 Å². The first-order valence-corrected chi connectivity index (χ1v) is 5.79. The lowest BCUT2D eigenvalue weighted by atomic mass is 10.2. The third-order valence-electron chi connectivity index (χ3n) is 2.90. The molecule has 0 radical (unpaired) electrons. The van der Waals surface area contributed by atoms with E-state index in [2.05, 4.69) is 10.4 Å². The third-order valence-corrected chi connectivity index (χ3v) is 2.90. The van der Waals surface area contributed by atoms with Gasteiger partial charge < -0.3 is 9.47 Å². The molecule has 0 aliphatic rings. The Morgan fingerprint density at radius 1 is 1.32 bits per heavy atom. The van der Waals surface area contributed by atoms with Gasteiger partial charge in [0.05, 0.1) is 25.1 Å². The number of anilines is 1. The van der Waals surface area contributed by atoms with E-state index in [4.69, 9.17) is 15.3 Å². The second-order valence-electron chi connectivity index (χ2n) is 3.85. The van der Waals surface area contributed by atoms with Crippen molar-refractivity contribution in [2.24, 2.45) is 5.84 Å². The zero-order chi connectivity index (χ0) is 14.0. The van der Waals surface area contributed by atoms with E-state index >= 15 is 0 Å². The Kier molecular flexibility index (Phi) is 3.57. The van der Waals surface area contributed by atoms with Gasteiger partial charge in [-0.05, 0) is 13.0 Å². The normalized spacial score (nSPS) is 10.5. The van der Waals surface area contributed by atoms with Gasteiger partial charge in [-0.25, -0.2) is 10.8 Å². The summed E-state index contributed by atoms with van der Waals surface area (Å²) in [6.45, 7) is 2.31. The van der Waals surface area contributed by atoms with Crippen molar-refractivity contribution in [2.45, 2.75) is 13.5 Å². The van der Waals surface area contributed by atoms with E-state index < -0.39 is 0 Å². The number of nitrogens with one attached hydrogen (secondary N) is 1. The fourth-order valence-corrected chi connectivity index (χ4v) is 1.95. The first-order valence-electron chi connectivity index (χ1n) is 5.79. The van der Waals surface area contributed by atoms with E-state index in [1.165, 1.54) is 18.8 Å². The highest BCUT2D eigenvalue weighted by Gasteiger charge is 2.13. The molecule has 2 rings (SSSR count). The van der Waals surface area contributed by atoms with Crippen molar-refractivity contribution in [1.82, 2.24) is 9.55 Å². The van der Waals surface area contributed by atoms with Gasteiger partial charge in [-0.1, -0.05) is 0 Å². The number of fused-ring (bicyclic) bond motifs is 1. The molecule has 0 saturated carbocycles. The lowest BCUT2D eigenvalue weighted by molar-refractivity contribution is 0.355. The maximum Gasteiger partial charge on any atom is 0.262 e. The smallest absolute Gasteiger partial charge is 0.262 e. The molecule has 1 heterocycles. The molecule has 19 heavy (non-hydrogen) atoms. The highest BCUT2D eigenvalue weighted by Crippen LogP contribution is 2.30. The molecule has 2 aromatic rings. The molecule has 0 aliphatic carbocycles. The Balaban J connectivity index is 2.85. The number of benzene rings is 1. The molecular weight excluding hydrogens is 248 g/mol. The molecule has 102 valence electrons. The summed E-state index contributed by atoms with van der Waals surface area (Å²) in [4.78, 5) is 16.6. The molecule has 0 bridgehead atoms. The molecule has 0 aliphatic heterocycles. The van der Waals surface area contributed by atoms with Gasteiger partial charge in [0.1, 0.15) is 0 Å². The lowest BCUT2D eigenvalue weighted by Gasteiger charge is -2.12. The number of hydrogen-bond donors (Lipinski definition) is 2. The quantitative estimate of drug-likeness (QED) is 0.624. The van der Waals surface area contributed by atoms with Crippen LogP contribution in [-0.2, 0) is 6.54 Å². The Hall–Kier alpha value is -2.28. The number of hydrogen-bond acceptors (Lipinski definition) is 6. The number of hydrazine groups is 1. The minimum atomic E-state index is -0.179. The molecular formula is C12H16N4O3. The summed E-state index contributed by atoms with van der Waals surface area (Å²) in [6, 6.07) is 3.27. The number of nitrogen functional groups attached to an aromatic ring is 1. The second-order valence-corrected chi connectivity index (χ2v) is 3.85. The van der Waals surface area contributed by atoms with Crippen molar-refractivity contribution < 1.29 is 9.47 Å². The molecule has 0 amide bonds. The van der Waals surface area contributed by atoms with E-state index in [0.29, 0.717) is 34.9 Å². The van der Waals surface area contributed by atoms with Gasteiger partial charge >= 0.3 is 0 Å². The molecule has 7 heteroatoms. The van der Waals surface area contributed by atoms with Crippen LogP contribution in [0, 0.1) is 0 Å². The first kappa shape index (κ1) is 13.2. The van der Waals surface area contributed by atoms with Crippen LogP contribution in [0.2, 0.25) is 0 Å². The monoisotopic (exact) mass is 264 g/mol. The molecule has 0 spiro atoms. The fraction of sp³-hybridized carbons (Fsp3) is 0.333. The van der Waals surface area contributed by atoms with Crippen molar-refractivity contribution in [2.75, 3.05) is 19.6 Å². The molecule has 7 nitrogen and oxygen atoms in total. The van der Waals surface area contributed by atoms with E-state index in [9.17, 15) is 4.79 Å². The van der Waals surface area contributed by atoms with Gasteiger partial charge in [-0.15, -0.1) is 0 Å². The van der Waals surface area contributed by atoms with Gasteiger partial charge in [0.25, 0.3) is 5.56 Å². The number of ether oxygens (including phenoxy) is 2. The van der Waals surface area contributed by atoms with Gasteiger partial charge in [0.2, 0.25) is 5.95 Å². The summed E-state index contributed by atoms with van der Waals surface area (Å²) in [6.07, 6.45) is 0. The Labute approximate surface area is 109 Å². The molecule has 0 fully saturated rings. The van der Waals surface area contributed by atoms with Crippen LogP contribution in [0.4, 0.5) is 5.95 Å². The maximum atomic E-state index is 12.3.